The van der Waals surface area contributed by atoms with Crippen molar-refractivity contribution in [3.8, 4) is 28.7 Å². The van der Waals surface area contributed by atoms with Crippen molar-refractivity contribution in [1.82, 2.24) is 4.57 Å². The number of amides is 1. The fraction of sp³-hybridized carbons (Fsp3) is 0.320. The first-order chi connectivity index (χ1) is 57.1. The van der Waals surface area contributed by atoms with Gasteiger partial charge < -0.3 is 80.9 Å². The zero-order chi connectivity index (χ0) is 79.9. The second kappa shape index (κ2) is 43.8. The molecular weight excluding hydrogens is 1470 g/mol. The van der Waals surface area contributed by atoms with Crippen LogP contribution in [0.15, 0.2) is 284 Å². The summed E-state index contributed by atoms with van der Waals surface area (Å²) in [6, 6.07) is 88.1. The molecule has 10 aromatic carbocycles. The van der Waals surface area contributed by atoms with Crippen LogP contribution in [0.5, 0.6) is 28.7 Å². The number of anilines is 1. The highest BCUT2D eigenvalue weighted by atomic mass is 16.7. The maximum atomic E-state index is 15.2. The van der Waals surface area contributed by atoms with Gasteiger partial charge in [0.15, 0.2) is 17.2 Å². The Labute approximate surface area is 679 Å². The molecular formula is C97H104N2O17. The van der Waals surface area contributed by atoms with Crippen LogP contribution in [0, 0.1) is 0 Å². The minimum atomic E-state index is -1.26. The number of rotatable bonds is 43. The summed E-state index contributed by atoms with van der Waals surface area (Å²) >= 11 is 0. The smallest absolute Gasteiger partial charge is 0.297 e. The van der Waals surface area contributed by atoms with E-state index in [1.54, 1.807) is 43.5 Å². The van der Waals surface area contributed by atoms with Crippen molar-refractivity contribution in [3.05, 3.63) is 339 Å². The van der Waals surface area contributed by atoms with Gasteiger partial charge >= 0.3 is 0 Å². The number of hydrogen-bond acceptors (Lipinski definition) is 17. The van der Waals surface area contributed by atoms with Gasteiger partial charge in [-0.2, -0.15) is 0 Å². The van der Waals surface area contributed by atoms with Crippen LogP contribution in [0.2, 0.25) is 0 Å². The van der Waals surface area contributed by atoms with Crippen molar-refractivity contribution in [1.29, 1.82) is 0 Å². The summed E-state index contributed by atoms with van der Waals surface area (Å²) in [4.78, 5) is 29.7. The van der Waals surface area contributed by atoms with E-state index in [-0.39, 0.29) is 94.8 Å². The third-order valence-electron chi connectivity index (χ3n) is 20.4. The van der Waals surface area contributed by atoms with Crippen molar-refractivity contribution in [2.75, 3.05) is 39.4 Å². The van der Waals surface area contributed by atoms with Crippen molar-refractivity contribution < 1.29 is 75.8 Å². The van der Waals surface area contributed by atoms with Gasteiger partial charge in [-0.25, -0.2) is 0 Å². The van der Waals surface area contributed by atoms with Crippen molar-refractivity contribution in [2.24, 2.45) is 7.05 Å². The average Bonchev–Trinajstić information content (AvgIpc) is 0.754. The molecule has 1 aromatic heterocycles. The van der Waals surface area contributed by atoms with Gasteiger partial charge in [-0.15, -0.1) is 0 Å². The fourth-order valence-corrected chi connectivity index (χ4v) is 14.2. The van der Waals surface area contributed by atoms with Crippen LogP contribution >= 0.6 is 0 Å². The molecule has 0 saturated carbocycles. The SMILES string of the molecule is CCCCCCCCOc1c(O[C@H]2O[C@H](COCc3ccccc3)[C@@H](OCc3ccccc3)[C@H](OCc3ccccc3)[C@@H]2OCc2ccccc2)c2ccc(NC(=O)C=Cc3cc(OC)c(O[C@H]4O[C@H](COCc5ccccc5)[C@@H](OCc5ccccc5)[C@H](OCc5ccccc5)[C@@H]4OCc4ccccc4)c(OC)c3)cc2n(C)c1=O. The van der Waals surface area contributed by atoms with E-state index in [4.69, 9.17) is 71.1 Å². The monoisotopic (exact) mass is 1570 g/mol. The Kier molecular flexibility index (Phi) is 31.4. The molecule has 604 valence electrons. The first-order valence-corrected chi connectivity index (χ1v) is 40.0. The van der Waals surface area contributed by atoms with Gasteiger partial charge in [-0.05, 0) is 92.9 Å². The van der Waals surface area contributed by atoms with Crippen LogP contribution in [-0.4, -0.2) is 106 Å². The fourth-order valence-electron chi connectivity index (χ4n) is 14.2. The number of unbranched alkanes of at least 4 members (excludes halogenated alkanes) is 5. The van der Waals surface area contributed by atoms with Crippen molar-refractivity contribution in [3.63, 3.8) is 0 Å². The molecule has 2 saturated heterocycles. The highest BCUT2D eigenvalue weighted by Crippen LogP contribution is 2.44. The van der Waals surface area contributed by atoms with E-state index >= 15 is 4.79 Å². The van der Waals surface area contributed by atoms with Crippen molar-refractivity contribution in [2.45, 2.75) is 160 Å². The number of carbonyl (C=O) groups is 1. The molecule has 3 heterocycles. The highest BCUT2D eigenvalue weighted by molar-refractivity contribution is 6.03. The number of fused-ring (bicyclic) bond motifs is 1. The predicted octanol–water partition coefficient (Wildman–Crippen LogP) is 18.1. The van der Waals surface area contributed by atoms with E-state index in [1.165, 1.54) is 24.9 Å². The third kappa shape index (κ3) is 23.5. The minimum absolute atomic E-state index is 0.00679. The standard InChI is InChI=1S/C97H104N2O17/c1-5-6-7-8-9-34-55-106-92-86(115-96-93(111-65-75-47-30-16-31-48-75)90(109-63-73-43-26-14-27-44-73)88(107-61-71-39-22-12-23-40-71)83(113-96)67-104-59-69-35-18-10-19-36-69)79-53-52-78(58-80(79)99(2)95(92)101)98-85(100)54-51-77-56-81(102-3)87(82(57-77)103-4)116-97-94(112-66-76-49-32-17-33-50-76)91(110-64-74-45-28-15-29-46-74)89(108-62-72-41-24-13-25-42-72)84(114-97)68-105-60-70-37-20-11-21-38-70/h10-33,35-54,56-58,83-84,88-91,93-94,96-97H,5-9,34,55,59-68H2,1-4H3,(H,98,100)/t83-,84-,88-,89-,90+,91+,93+,94+,96-,97-/m1/s1. The van der Waals surface area contributed by atoms with E-state index in [0.29, 0.717) is 35.2 Å². The number of hydrogen-bond donors (Lipinski definition) is 1. The molecule has 2 aliphatic rings. The summed E-state index contributed by atoms with van der Waals surface area (Å²) in [5.41, 5.74) is 8.44. The van der Waals surface area contributed by atoms with Gasteiger partial charge in [0, 0.05) is 24.2 Å². The van der Waals surface area contributed by atoms with Gasteiger partial charge in [0.1, 0.15) is 48.8 Å². The number of nitrogens with one attached hydrogen (secondary N) is 1. The van der Waals surface area contributed by atoms with E-state index in [2.05, 4.69) is 12.2 Å². The van der Waals surface area contributed by atoms with Gasteiger partial charge in [0.25, 0.3) is 5.56 Å². The molecule has 0 bridgehead atoms. The number of methoxy groups -OCH3 is 2. The molecule has 11 aromatic rings. The number of aryl methyl sites for hydroxylation is 1. The zero-order valence-corrected chi connectivity index (χ0v) is 66.3. The Morgan fingerprint density at radius 2 is 0.759 bits per heavy atom. The molecule has 19 heteroatoms. The lowest BCUT2D eigenvalue weighted by atomic mass is 9.97. The van der Waals surface area contributed by atoms with E-state index < -0.39 is 72.9 Å². The van der Waals surface area contributed by atoms with Crippen LogP contribution < -0.4 is 34.6 Å². The number of benzene rings is 10. The van der Waals surface area contributed by atoms with Crippen LogP contribution in [0.3, 0.4) is 0 Å². The third-order valence-corrected chi connectivity index (χ3v) is 20.4. The molecule has 0 radical (unpaired) electrons. The summed E-state index contributed by atoms with van der Waals surface area (Å²) in [7, 11) is 4.72. The Morgan fingerprint density at radius 3 is 1.15 bits per heavy atom. The normalized spacial score (nSPS) is 19.3. The molecule has 19 nitrogen and oxygen atoms in total. The van der Waals surface area contributed by atoms with Crippen molar-refractivity contribution >= 4 is 28.6 Å². The number of pyridine rings is 1. The molecule has 2 aliphatic heterocycles. The van der Waals surface area contributed by atoms with Gasteiger partial charge in [0.05, 0.1) is 92.4 Å². The molecule has 1 N–H and O–H groups in total. The molecule has 2 fully saturated rings. The summed E-state index contributed by atoms with van der Waals surface area (Å²) in [6.07, 6.45) is -0.0144. The molecule has 116 heavy (non-hydrogen) atoms. The molecule has 0 unspecified atom stereocenters. The maximum Gasteiger partial charge on any atom is 0.297 e. The maximum absolute atomic E-state index is 15.2. The van der Waals surface area contributed by atoms with Crippen LogP contribution in [0.25, 0.3) is 17.0 Å². The largest absolute Gasteiger partial charge is 0.493 e. The summed E-state index contributed by atoms with van der Waals surface area (Å²) in [5.74, 6) is 0.380. The van der Waals surface area contributed by atoms with Gasteiger partial charge in [-0.3, -0.25) is 9.59 Å². The number of nitrogens with zero attached hydrogens (tertiary/aromatic N) is 1. The lowest BCUT2D eigenvalue weighted by Crippen LogP contribution is -2.62. The minimum Gasteiger partial charge on any atom is -0.493 e. The number of ether oxygens (including phenoxy) is 15. The second-order valence-electron chi connectivity index (χ2n) is 28.8. The first-order valence-electron chi connectivity index (χ1n) is 40.0. The summed E-state index contributed by atoms with van der Waals surface area (Å²) in [6.45, 7) is 4.41. The second-order valence-corrected chi connectivity index (χ2v) is 28.8. The molecule has 0 aliphatic carbocycles. The summed E-state index contributed by atoms with van der Waals surface area (Å²) in [5, 5.41) is 3.54. The quantitative estimate of drug-likeness (QED) is 0.0280. The van der Waals surface area contributed by atoms with Gasteiger partial charge in [0.2, 0.25) is 30.0 Å². The van der Waals surface area contributed by atoms with Gasteiger partial charge in [-0.1, -0.05) is 282 Å². The number of carbonyl (C=O) groups excluding carboxylic acids is 1. The topological polar surface area (TPSA) is 190 Å². The molecule has 0 spiro atoms. The van der Waals surface area contributed by atoms with E-state index in [9.17, 15) is 4.79 Å². The highest BCUT2D eigenvalue weighted by Gasteiger charge is 2.52. The van der Waals surface area contributed by atoms with E-state index in [1.807, 2.05) is 243 Å². The Bertz CT molecular complexity index is 4820. The molecule has 13 rings (SSSR count). The Balaban J connectivity index is 0.807. The van der Waals surface area contributed by atoms with Crippen LogP contribution in [0.4, 0.5) is 5.69 Å². The van der Waals surface area contributed by atoms with Crippen LogP contribution in [-0.2, 0) is 112 Å². The number of aromatic nitrogens is 1. The zero-order valence-electron chi connectivity index (χ0n) is 66.3. The van der Waals surface area contributed by atoms with E-state index in [0.717, 1.165) is 76.6 Å². The Hall–Kier alpha value is -10.8. The first kappa shape index (κ1) is 83.2. The average molecular weight is 1570 g/mol. The lowest BCUT2D eigenvalue weighted by Gasteiger charge is -2.45. The van der Waals surface area contributed by atoms with Crippen LogP contribution in [0.1, 0.15) is 95.5 Å². The summed E-state index contributed by atoms with van der Waals surface area (Å²) < 4.78 is 104. The predicted molar refractivity (Wildman–Crippen MR) is 446 cm³/mol. The molecule has 10 atom stereocenters. The molecule has 1 amide bonds. The Morgan fingerprint density at radius 1 is 0.405 bits per heavy atom. The lowest BCUT2D eigenvalue weighted by molar-refractivity contribution is -0.310.